The van der Waals surface area contributed by atoms with Crippen LogP contribution in [0.3, 0.4) is 0 Å². The third kappa shape index (κ3) is 6.77. The topological polar surface area (TPSA) is 67.4 Å². The highest BCUT2D eigenvalue weighted by Gasteiger charge is 2.30. The lowest BCUT2D eigenvalue weighted by molar-refractivity contribution is -0.133. The third-order valence-electron chi connectivity index (χ3n) is 3.78. The van der Waals surface area contributed by atoms with Crippen LogP contribution in [0.4, 0.5) is 0 Å². The minimum atomic E-state index is -0.519. The van der Waals surface area contributed by atoms with Gasteiger partial charge in [0.05, 0.1) is 0 Å². The summed E-state index contributed by atoms with van der Waals surface area (Å²) >= 11 is 0. The summed E-state index contributed by atoms with van der Waals surface area (Å²) in [6, 6.07) is -0.519. The number of rotatable bonds is 5. The summed E-state index contributed by atoms with van der Waals surface area (Å²) < 4.78 is 5.26. The molecule has 0 aliphatic carbocycles. The second-order valence-corrected chi connectivity index (χ2v) is 8.23. The molecule has 1 saturated heterocycles. The smallest absolute Gasteiger partial charge is 0.242 e. The van der Waals surface area contributed by atoms with Crippen molar-refractivity contribution in [3.8, 4) is 0 Å². The maximum Gasteiger partial charge on any atom is 0.242 e. The Balaban J connectivity index is 2.48. The van der Waals surface area contributed by atoms with E-state index in [1.807, 2.05) is 13.8 Å². The maximum absolute atomic E-state index is 12.3. The normalized spacial score (nSPS) is 18.6. The highest BCUT2D eigenvalue weighted by molar-refractivity contribution is 5.88. The summed E-state index contributed by atoms with van der Waals surface area (Å²) in [6.07, 6.45) is 2.33. The molecule has 0 aromatic heterocycles. The summed E-state index contributed by atoms with van der Waals surface area (Å²) in [5, 5.41) is 5.87. The zero-order valence-corrected chi connectivity index (χ0v) is 14.9. The van der Waals surface area contributed by atoms with E-state index < -0.39 is 6.04 Å². The van der Waals surface area contributed by atoms with Crippen LogP contribution in [0, 0.1) is 11.3 Å². The van der Waals surface area contributed by atoms with Gasteiger partial charge in [-0.25, -0.2) is 0 Å². The number of amides is 2. The largest absolute Gasteiger partial charge is 0.381 e. The molecule has 1 fully saturated rings. The molecule has 0 bridgehead atoms. The minimum Gasteiger partial charge on any atom is -0.381 e. The Morgan fingerprint density at radius 2 is 1.68 bits per heavy atom. The molecule has 1 rings (SSSR count). The molecule has 128 valence electrons. The van der Waals surface area contributed by atoms with Crippen LogP contribution >= 0.6 is 0 Å². The number of nitrogens with one attached hydrogen (secondary N) is 2. The van der Waals surface area contributed by atoms with Gasteiger partial charge in [0, 0.05) is 24.7 Å². The molecule has 22 heavy (non-hydrogen) atoms. The lowest BCUT2D eigenvalue weighted by atomic mass is 9.81. The van der Waals surface area contributed by atoms with Crippen molar-refractivity contribution in [3.63, 3.8) is 0 Å². The molecule has 0 spiro atoms. The van der Waals surface area contributed by atoms with E-state index in [9.17, 15) is 9.59 Å². The van der Waals surface area contributed by atoms with E-state index in [4.69, 9.17) is 4.74 Å². The first-order valence-corrected chi connectivity index (χ1v) is 8.20. The zero-order chi connectivity index (χ0) is 17.0. The maximum atomic E-state index is 12.3. The van der Waals surface area contributed by atoms with E-state index in [0.29, 0.717) is 13.2 Å². The van der Waals surface area contributed by atoms with Crippen LogP contribution in [0.25, 0.3) is 0 Å². The van der Waals surface area contributed by atoms with Crippen molar-refractivity contribution in [2.45, 2.75) is 72.4 Å². The summed E-state index contributed by atoms with van der Waals surface area (Å²) in [7, 11) is 0. The van der Waals surface area contributed by atoms with Crippen molar-refractivity contribution in [1.82, 2.24) is 10.6 Å². The molecule has 0 unspecified atom stereocenters. The van der Waals surface area contributed by atoms with Crippen LogP contribution in [-0.2, 0) is 14.3 Å². The molecule has 0 aromatic rings. The molecule has 5 nitrogen and oxygen atoms in total. The SMILES string of the molecule is C[C@H](NC(=O)C1CCOCC1)C(=O)NC(C)(C)CC(C)(C)C. The van der Waals surface area contributed by atoms with Crippen molar-refractivity contribution in [2.24, 2.45) is 11.3 Å². The summed E-state index contributed by atoms with van der Waals surface area (Å²) in [5.74, 6) is -0.208. The molecule has 5 heteroatoms. The van der Waals surface area contributed by atoms with Crippen molar-refractivity contribution in [1.29, 1.82) is 0 Å². The van der Waals surface area contributed by atoms with Gasteiger partial charge in [-0.2, -0.15) is 0 Å². The first-order chi connectivity index (χ1) is 10.0. The van der Waals surface area contributed by atoms with Gasteiger partial charge in [-0.15, -0.1) is 0 Å². The summed E-state index contributed by atoms with van der Waals surface area (Å²) in [4.78, 5) is 24.5. The monoisotopic (exact) mass is 312 g/mol. The van der Waals surface area contributed by atoms with Gasteiger partial charge < -0.3 is 15.4 Å². The Bertz CT molecular complexity index is 393. The van der Waals surface area contributed by atoms with Crippen LogP contribution < -0.4 is 10.6 Å². The van der Waals surface area contributed by atoms with E-state index in [2.05, 4.69) is 31.4 Å². The molecular weight excluding hydrogens is 280 g/mol. The first kappa shape index (κ1) is 18.9. The summed E-state index contributed by atoms with van der Waals surface area (Å²) in [5.41, 5.74) is -0.168. The number of carbonyl (C=O) groups is 2. The fraction of sp³-hybridized carbons (Fsp3) is 0.882. The van der Waals surface area contributed by atoms with E-state index in [1.165, 1.54) is 0 Å². The molecule has 0 saturated carbocycles. The number of hydrogen-bond donors (Lipinski definition) is 2. The predicted molar refractivity (Wildman–Crippen MR) is 87.4 cm³/mol. The molecule has 1 aliphatic rings. The van der Waals surface area contributed by atoms with Crippen molar-refractivity contribution in [3.05, 3.63) is 0 Å². The van der Waals surface area contributed by atoms with Crippen LogP contribution in [0.5, 0.6) is 0 Å². The molecule has 1 heterocycles. The Morgan fingerprint density at radius 3 is 2.18 bits per heavy atom. The second-order valence-electron chi connectivity index (χ2n) is 8.23. The molecule has 0 aromatic carbocycles. The van der Waals surface area contributed by atoms with Crippen molar-refractivity contribution in [2.75, 3.05) is 13.2 Å². The molecule has 2 N–H and O–H groups in total. The number of carbonyl (C=O) groups excluding carboxylic acids is 2. The molecular formula is C17H32N2O3. The van der Waals surface area contributed by atoms with Gasteiger partial charge in [-0.05, 0) is 45.4 Å². The zero-order valence-electron chi connectivity index (χ0n) is 14.9. The quantitative estimate of drug-likeness (QED) is 0.818. The highest BCUT2D eigenvalue weighted by atomic mass is 16.5. The van der Waals surface area contributed by atoms with Gasteiger partial charge in [-0.1, -0.05) is 20.8 Å². The fourth-order valence-electron chi connectivity index (χ4n) is 3.17. The van der Waals surface area contributed by atoms with Crippen molar-refractivity contribution >= 4 is 11.8 Å². The lowest BCUT2D eigenvalue weighted by Crippen LogP contribution is -2.54. The van der Waals surface area contributed by atoms with Crippen LogP contribution in [0.1, 0.15) is 60.8 Å². The molecule has 1 aliphatic heterocycles. The minimum absolute atomic E-state index is 0.0356. The van der Waals surface area contributed by atoms with Gasteiger partial charge in [0.2, 0.25) is 11.8 Å². The van der Waals surface area contributed by atoms with Crippen LogP contribution in [0.2, 0.25) is 0 Å². The first-order valence-electron chi connectivity index (χ1n) is 8.20. The van der Waals surface area contributed by atoms with Crippen LogP contribution in [0.15, 0.2) is 0 Å². The van der Waals surface area contributed by atoms with E-state index >= 15 is 0 Å². The lowest BCUT2D eigenvalue weighted by Gasteiger charge is -2.34. The van der Waals surface area contributed by atoms with E-state index in [1.54, 1.807) is 6.92 Å². The molecule has 0 radical (unpaired) electrons. The summed E-state index contributed by atoms with van der Waals surface area (Å²) in [6.45, 7) is 13.5. The Kier molecular flexibility index (Phi) is 6.41. The standard InChI is InChI=1S/C17H32N2O3/c1-12(18-15(21)13-7-9-22-10-8-13)14(20)19-17(5,6)11-16(2,3)4/h12-13H,7-11H2,1-6H3,(H,18,21)(H,19,20)/t12-/m0/s1. The third-order valence-corrected chi connectivity index (χ3v) is 3.78. The van der Waals surface area contributed by atoms with Crippen LogP contribution in [-0.4, -0.2) is 36.6 Å². The predicted octanol–water partition coefficient (Wildman–Crippen LogP) is 2.25. The fourth-order valence-corrected chi connectivity index (χ4v) is 3.17. The van der Waals surface area contributed by atoms with Gasteiger partial charge >= 0.3 is 0 Å². The van der Waals surface area contributed by atoms with Crippen molar-refractivity contribution < 1.29 is 14.3 Å². The Morgan fingerprint density at radius 1 is 1.14 bits per heavy atom. The molecule has 2 amide bonds. The van der Waals surface area contributed by atoms with E-state index in [-0.39, 0.29) is 28.7 Å². The average Bonchev–Trinajstić information content (AvgIpc) is 2.36. The number of hydrogen-bond acceptors (Lipinski definition) is 3. The Labute approximate surface area is 134 Å². The van der Waals surface area contributed by atoms with E-state index in [0.717, 1.165) is 19.3 Å². The van der Waals surface area contributed by atoms with Gasteiger partial charge in [0.15, 0.2) is 0 Å². The molecule has 1 atom stereocenters. The van der Waals surface area contributed by atoms with Gasteiger partial charge in [0.1, 0.15) is 6.04 Å². The van der Waals surface area contributed by atoms with Gasteiger partial charge in [0.25, 0.3) is 0 Å². The average molecular weight is 312 g/mol. The Hall–Kier alpha value is -1.10. The highest BCUT2D eigenvalue weighted by Crippen LogP contribution is 2.26. The van der Waals surface area contributed by atoms with Gasteiger partial charge in [-0.3, -0.25) is 9.59 Å². The number of ether oxygens (including phenoxy) is 1. The second kappa shape index (κ2) is 7.44.